The number of aromatic carboxylic acids is 1. The van der Waals surface area contributed by atoms with Crippen molar-refractivity contribution in [1.82, 2.24) is 5.32 Å². The lowest BCUT2D eigenvalue weighted by molar-refractivity contribution is -0.118. The maximum atomic E-state index is 12.7. The summed E-state index contributed by atoms with van der Waals surface area (Å²) in [6, 6.07) is 18.9. The molecule has 1 unspecified atom stereocenters. The first-order valence-electron chi connectivity index (χ1n) is 10.8. The number of fused-ring (bicyclic) bond motifs is 3. The number of terminal acetylenes is 1. The highest BCUT2D eigenvalue weighted by Gasteiger charge is 2.29. The number of anilines is 1. The van der Waals surface area contributed by atoms with Gasteiger partial charge in [-0.3, -0.25) is 4.79 Å². The Hall–Kier alpha value is -4.28. The molecule has 3 aromatic carbocycles. The zero-order valence-electron chi connectivity index (χ0n) is 18.5. The molecule has 0 aliphatic heterocycles. The molecule has 176 valence electrons. The predicted molar refractivity (Wildman–Crippen MR) is 132 cm³/mol. The molecule has 0 bridgehead atoms. The van der Waals surface area contributed by atoms with Gasteiger partial charge in [0.2, 0.25) is 5.91 Å². The van der Waals surface area contributed by atoms with Crippen molar-refractivity contribution in [3.8, 4) is 23.5 Å². The van der Waals surface area contributed by atoms with E-state index in [4.69, 9.17) is 22.8 Å². The second-order valence-electron chi connectivity index (χ2n) is 7.92. The van der Waals surface area contributed by atoms with Crippen LogP contribution in [0, 0.1) is 12.3 Å². The lowest BCUT2D eigenvalue weighted by Gasteiger charge is -2.18. The van der Waals surface area contributed by atoms with Crippen LogP contribution in [0.4, 0.5) is 10.5 Å². The molecule has 1 aliphatic rings. The van der Waals surface area contributed by atoms with Crippen molar-refractivity contribution in [3.05, 3.63) is 88.4 Å². The number of benzene rings is 3. The van der Waals surface area contributed by atoms with Gasteiger partial charge in [0.25, 0.3) is 0 Å². The van der Waals surface area contributed by atoms with Gasteiger partial charge in [0, 0.05) is 18.0 Å². The van der Waals surface area contributed by atoms with Crippen molar-refractivity contribution >= 4 is 35.3 Å². The molecule has 7 nitrogen and oxygen atoms in total. The predicted octanol–water partition coefficient (Wildman–Crippen LogP) is 4.91. The Labute approximate surface area is 207 Å². The molecule has 0 spiro atoms. The van der Waals surface area contributed by atoms with E-state index in [1.165, 1.54) is 18.2 Å². The van der Waals surface area contributed by atoms with E-state index < -0.39 is 24.0 Å². The first-order valence-corrected chi connectivity index (χ1v) is 11.2. The van der Waals surface area contributed by atoms with Crippen LogP contribution in [-0.4, -0.2) is 35.7 Å². The zero-order valence-corrected chi connectivity index (χ0v) is 19.2. The Bertz CT molecular complexity index is 1300. The Kier molecular flexibility index (Phi) is 7.04. The number of ether oxygens (including phenoxy) is 1. The van der Waals surface area contributed by atoms with Crippen LogP contribution in [0.3, 0.4) is 0 Å². The quantitative estimate of drug-likeness (QED) is 0.410. The lowest BCUT2D eigenvalue weighted by atomic mass is 9.98. The van der Waals surface area contributed by atoms with Crippen LogP contribution in [0.15, 0.2) is 66.7 Å². The van der Waals surface area contributed by atoms with E-state index in [1.54, 1.807) is 0 Å². The van der Waals surface area contributed by atoms with Crippen molar-refractivity contribution in [2.45, 2.75) is 18.4 Å². The number of hydrogen-bond donors (Lipinski definition) is 3. The van der Waals surface area contributed by atoms with Gasteiger partial charge in [0.15, 0.2) is 0 Å². The number of alkyl carbamates (subject to hydrolysis) is 1. The normalized spacial score (nSPS) is 12.6. The van der Waals surface area contributed by atoms with E-state index >= 15 is 0 Å². The standard InChI is InChI=1S/C27H21ClN2O5/c1-2-7-24(25(31)29-16-12-13-23(28)21(14-16)26(32)33)30-27(34)35-15-22-19-10-5-3-8-17(19)18-9-4-6-11-20(18)22/h1,3-6,8-14,22,24H,7,15H2,(H,29,31)(H,30,34)(H,32,33). The summed E-state index contributed by atoms with van der Waals surface area (Å²) in [5.41, 5.74) is 4.37. The third-order valence-electron chi connectivity index (χ3n) is 5.74. The van der Waals surface area contributed by atoms with Crippen molar-refractivity contribution in [2.24, 2.45) is 0 Å². The van der Waals surface area contributed by atoms with Gasteiger partial charge in [-0.25, -0.2) is 9.59 Å². The van der Waals surface area contributed by atoms with E-state index in [9.17, 15) is 19.5 Å². The van der Waals surface area contributed by atoms with E-state index in [-0.39, 0.29) is 35.2 Å². The van der Waals surface area contributed by atoms with Crippen LogP contribution < -0.4 is 10.6 Å². The third kappa shape index (κ3) is 5.13. The Morgan fingerprint density at radius 3 is 2.26 bits per heavy atom. The van der Waals surface area contributed by atoms with Crippen LogP contribution in [0.25, 0.3) is 11.1 Å². The molecule has 0 aromatic heterocycles. The second kappa shape index (κ2) is 10.3. The molecule has 3 aromatic rings. The summed E-state index contributed by atoms with van der Waals surface area (Å²) in [5, 5.41) is 14.3. The fourth-order valence-corrected chi connectivity index (χ4v) is 4.30. The highest BCUT2D eigenvalue weighted by molar-refractivity contribution is 6.33. The monoisotopic (exact) mass is 488 g/mol. The molecule has 4 rings (SSSR count). The van der Waals surface area contributed by atoms with Gasteiger partial charge in [0.1, 0.15) is 12.6 Å². The topological polar surface area (TPSA) is 105 Å². The summed E-state index contributed by atoms with van der Waals surface area (Å²) in [4.78, 5) is 36.6. The SMILES string of the molecule is C#CCC(NC(=O)OCC1c2ccccc2-c2ccccc21)C(=O)Nc1ccc(Cl)c(C(=O)O)c1. The van der Waals surface area contributed by atoms with Crippen LogP contribution in [0.5, 0.6) is 0 Å². The van der Waals surface area contributed by atoms with Crippen LogP contribution >= 0.6 is 11.6 Å². The maximum Gasteiger partial charge on any atom is 0.407 e. The van der Waals surface area contributed by atoms with E-state index in [0.717, 1.165) is 22.3 Å². The smallest absolute Gasteiger partial charge is 0.407 e. The van der Waals surface area contributed by atoms with Gasteiger partial charge in [-0.2, -0.15) is 0 Å². The van der Waals surface area contributed by atoms with Crippen LogP contribution in [-0.2, 0) is 9.53 Å². The van der Waals surface area contributed by atoms with Crippen molar-refractivity contribution in [3.63, 3.8) is 0 Å². The Morgan fingerprint density at radius 2 is 1.66 bits per heavy atom. The minimum absolute atomic E-state index is 0.0347. The number of carbonyl (C=O) groups excluding carboxylic acids is 2. The van der Waals surface area contributed by atoms with Gasteiger partial charge >= 0.3 is 12.1 Å². The average molecular weight is 489 g/mol. The molecule has 0 saturated heterocycles. The fourth-order valence-electron chi connectivity index (χ4n) is 4.11. The number of carboxylic acids is 1. The highest BCUT2D eigenvalue weighted by Crippen LogP contribution is 2.44. The van der Waals surface area contributed by atoms with Crippen LogP contribution in [0.1, 0.15) is 33.8 Å². The lowest BCUT2D eigenvalue weighted by Crippen LogP contribution is -2.44. The number of amides is 2. The summed E-state index contributed by atoms with van der Waals surface area (Å²) in [6.07, 6.45) is 4.51. The first-order chi connectivity index (χ1) is 16.9. The summed E-state index contributed by atoms with van der Waals surface area (Å²) in [7, 11) is 0. The van der Waals surface area contributed by atoms with Crippen molar-refractivity contribution in [1.29, 1.82) is 0 Å². The van der Waals surface area contributed by atoms with Crippen LogP contribution in [0.2, 0.25) is 5.02 Å². The molecular formula is C27H21ClN2O5. The van der Waals surface area contributed by atoms with E-state index in [1.807, 2.05) is 48.5 Å². The number of carboxylic acid groups (broad SMARTS) is 1. The Balaban J connectivity index is 1.42. The summed E-state index contributed by atoms with van der Waals surface area (Å²) in [5.74, 6) is 0.378. The average Bonchev–Trinajstić information content (AvgIpc) is 3.17. The van der Waals surface area contributed by atoms with E-state index in [0.29, 0.717) is 0 Å². The summed E-state index contributed by atoms with van der Waals surface area (Å²) < 4.78 is 5.49. The number of nitrogens with one attached hydrogen (secondary N) is 2. The molecule has 0 saturated carbocycles. The molecule has 2 amide bonds. The van der Waals surface area contributed by atoms with Crippen molar-refractivity contribution in [2.75, 3.05) is 11.9 Å². The first kappa shape index (κ1) is 23.9. The number of carbonyl (C=O) groups is 3. The molecule has 8 heteroatoms. The van der Waals surface area contributed by atoms with Gasteiger partial charge in [-0.15, -0.1) is 12.3 Å². The van der Waals surface area contributed by atoms with Gasteiger partial charge in [-0.1, -0.05) is 60.1 Å². The molecule has 1 aliphatic carbocycles. The molecule has 3 N–H and O–H groups in total. The minimum atomic E-state index is -1.23. The molecule has 0 heterocycles. The third-order valence-corrected chi connectivity index (χ3v) is 6.07. The number of hydrogen-bond acceptors (Lipinski definition) is 4. The van der Waals surface area contributed by atoms with Gasteiger partial charge < -0.3 is 20.5 Å². The Morgan fingerprint density at radius 1 is 1.03 bits per heavy atom. The van der Waals surface area contributed by atoms with Crippen molar-refractivity contribution < 1.29 is 24.2 Å². The fraction of sp³-hybridized carbons (Fsp3) is 0.148. The zero-order chi connectivity index (χ0) is 24.9. The van der Waals surface area contributed by atoms with Gasteiger partial charge in [-0.05, 0) is 40.5 Å². The highest BCUT2D eigenvalue weighted by atomic mass is 35.5. The number of rotatable bonds is 7. The molecular weight excluding hydrogens is 468 g/mol. The second-order valence-corrected chi connectivity index (χ2v) is 8.33. The summed E-state index contributed by atoms with van der Waals surface area (Å²) >= 11 is 5.87. The number of halogens is 1. The van der Waals surface area contributed by atoms with Gasteiger partial charge in [0.05, 0.1) is 10.6 Å². The summed E-state index contributed by atoms with van der Waals surface area (Å²) in [6.45, 7) is 0.0867. The minimum Gasteiger partial charge on any atom is -0.478 e. The molecule has 0 fully saturated rings. The van der Waals surface area contributed by atoms with E-state index in [2.05, 4.69) is 16.6 Å². The molecule has 0 radical (unpaired) electrons. The molecule has 35 heavy (non-hydrogen) atoms. The largest absolute Gasteiger partial charge is 0.478 e. The molecule has 1 atom stereocenters. The maximum absolute atomic E-state index is 12.7.